The Morgan fingerprint density at radius 3 is 2.31 bits per heavy atom. The third kappa shape index (κ3) is 2.16. The number of carbonyl (C=O) groups is 2. The number of methoxy groups -OCH3 is 1. The molecule has 26 heavy (non-hydrogen) atoms. The lowest BCUT2D eigenvalue weighted by atomic mass is 9.82. The van der Waals surface area contributed by atoms with Gasteiger partial charge in [-0.3, -0.25) is 4.79 Å². The average Bonchev–Trinajstić information content (AvgIpc) is 3.29. The van der Waals surface area contributed by atoms with Crippen molar-refractivity contribution >= 4 is 17.5 Å². The predicted octanol–water partition coefficient (Wildman–Crippen LogP) is 3.76. The molecule has 1 fully saturated rings. The first-order valence-corrected chi connectivity index (χ1v) is 8.85. The maximum Gasteiger partial charge on any atom is 0.345 e. The van der Waals surface area contributed by atoms with Crippen LogP contribution >= 0.6 is 0 Å². The number of hydrogen-bond acceptors (Lipinski definition) is 4. The highest BCUT2D eigenvalue weighted by atomic mass is 16.5. The Kier molecular flexibility index (Phi) is 3.75. The molecule has 0 radical (unpaired) electrons. The van der Waals surface area contributed by atoms with Crippen molar-refractivity contribution in [1.29, 1.82) is 0 Å². The summed E-state index contributed by atoms with van der Waals surface area (Å²) in [5.74, 6) is -1.41. The van der Waals surface area contributed by atoms with Crippen LogP contribution in [0.15, 0.2) is 42.0 Å². The number of ether oxygens (including phenoxy) is 1. The fourth-order valence-corrected chi connectivity index (χ4v) is 4.30. The van der Waals surface area contributed by atoms with Gasteiger partial charge in [0.1, 0.15) is 11.1 Å². The molecule has 1 aliphatic heterocycles. The number of fused-ring (bicyclic) bond motifs is 2. The lowest BCUT2D eigenvalue weighted by molar-refractivity contribution is -0.139. The topological polar surface area (TPSA) is 68.5 Å². The second-order valence-corrected chi connectivity index (χ2v) is 7.09. The van der Waals surface area contributed by atoms with Gasteiger partial charge in [0.25, 0.3) is 0 Å². The van der Waals surface area contributed by atoms with E-state index in [0.717, 1.165) is 29.7 Å². The zero-order chi connectivity index (χ0) is 18.5. The maximum absolute atomic E-state index is 13.3. The molecule has 2 aliphatic rings. The van der Waals surface area contributed by atoms with Gasteiger partial charge in [-0.2, -0.15) is 0 Å². The molecule has 1 aromatic heterocycles. The minimum absolute atomic E-state index is 0.226. The fraction of sp³-hybridized carbons (Fsp3) is 0.333. The first-order valence-electron chi connectivity index (χ1n) is 8.85. The minimum atomic E-state index is -0.825. The summed E-state index contributed by atoms with van der Waals surface area (Å²) in [5, 5.41) is 10.7. The highest BCUT2D eigenvalue weighted by Gasteiger charge is 2.52. The van der Waals surface area contributed by atoms with Crippen LogP contribution in [0.4, 0.5) is 0 Å². The largest absolute Gasteiger partial charge is 0.505 e. The molecule has 1 aliphatic carbocycles. The van der Waals surface area contributed by atoms with Gasteiger partial charge in [0, 0.05) is 5.69 Å². The Balaban J connectivity index is 1.99. The van der Waals surface area contributed by atoms with Gasteiger partial charge in [0.2, 0.25) is 0 Å². The zero-order valence-electron chi connectivity index (χ0n) is 14.9. The van der Waals surface area contributed by atoms with E-state index in [1.165, 1.54) is 7.11 Å². The van der Waals surface area contributed by atoms with Crippen molar-refractivity contribution in [1.82, 2.24) is 4.57 Å². The SMILES string of the molecule is COC(=O)C1=C(O)c2ccc(-c3ccc(C)cc3)n2C2(CCCC2)C1=O. The number of aryl methyl sites for hydroxylation is 1. The number of esters is 1. The second-order valence-electron chi connectivity index (χ2n) is 7.09. The molecular weight excluding hydrogens is 330 g/mol. The van der Waals surface area contributed by atoms with E-state index in [1.807, 2.05) is 41.8 Å². The van der Waals surface area contributed by atoms with Crippen LogP contribution in [0.25, 0.3) is 17.0 Å². The van der Waals surface area contributed by atoms with Gasteiger partial charge in [0.05, 0.1) is 12.8 Å². The summed E-state index contributed by atoms with van der Waals surface area (Å²) in [6, 6.07) is 11.8. The predicted molar refractivity (Wildman–Crippen MR) is 97.6 cm³/mol. The molecular formula is C21H21NO4. The third-order valence-electron chi connectivity index (χ3n) is 5.61. The Labute approximate surface area is 151 Å². The van der Waals surface area contributed by atoms with Gasteiger partial charge in [-0.1, -0.05) is 42.7 Å². The number of aliphatic hydroxyl groups excluding tert-OH is 1. The fourth-order valence-electron chi connectivity index (χ4n) is 4.30. The van der Waals surface area contributed by atoms with Crippen molar-refractivity contribution < 1.29 is 19.4 Å². The maximum atomic E-state index is 13.3. The molecule has 1 N–H and O–H groups in total. The average molecular weight is 351 g/mol. The van der Waals surface area contributed by atoms with Crippen LogP contribution in [-0.2, 0) is 19.9 Å². The number of rotatable bonds is 2. The molecule has 1 saturated carbocycles. The van der Waals surface area contributed by atoms with Gasteiger partial charge < -0.3 is 14.4 Å². The molecule has 0 amide bonds. The molecule has 2 heterocycles. The van der Waals surface area contributed by atoms with E-state index in [0.29, 0.717) is 18.5 Å². The number of carbonyl (C=O) groups excluding carboxylic acids is 2. The summed E-state index contributed by atoms with van der Waals surface area (Å²) < 4.78 is 6.71. The number of aliphatic hydroxyl groups is 1. The highest BCUT2D eigenvalue weighted by molar-refractivity contribution is 6.25. The quantitative estimate of drug-likeness (QED) is 0.661. The molecule has 0 unspecified atom stereocenters. The summed E-state index contributed by atoms with van der Waals surface area (Å²) in [5.41, 5.74) is 2.47. The van der Waals surface area contributed by atoms with Crippen molar-refractivity contribution in [3.8, 4) is 11.3 Å². The Morgan fingerprint density at radius 2 is 1.69 bits per heavy atom. The van der Waals surface area contributed by atoms with Gasteiger partial charge in [-0.15, -0.1) is 0 Å². The molecule has 4 rings (SSSR count). The van der Waals surface area contributed by atoms with Crippen LogP contribution in [0.1, 0.15) is 36.9 Å². The first kappa shape index (κ1) is 16.6. The van der Waals surface area contributed by atoms with Crippen LogP contribution in [0.3, 0.4) is 0 Å². The number of hydrogen-bond donors (Lipinski definition) is 1. The van der Waals surface area contributed by atoms with E-state index in [9.17, 15) is 14.7 Å². The number of benzene rings is 1. The van der Waals surface area contributed by atoms with Crippen LogP contribution in [-0.4, -0.2) is 28.5 Å². The van der Waals surface area contributed by atoms with Crippen molar-refractivity contribution in [3.63, 3.8) is 0 Å². The normalized spacial score (nSPS) is 18.3. The van der Waals surface area contributed by atoms with E-state index in [4.69, 9.17) is 4.74 Å². The van der Waals surface area contributed by atoms with Crippen molar-refractivity contribution in [2.45, 2.75) is 38.1 Å². The van der Waals surface area contributed by atoms with Crippen LogP contribution < -0.4 is 0 Å². The summed E-state index contributed by atoms with van der Waals surface area (Å²) in [6.45, 7) is 2.02. The van der Waals surface area contributed by atoms with E-state index >= 15 is 0 Å². The summed E-state index contributed by atoms with van der Waals surface area (Å²) in [4.78, 5) is 25.5. The van der Waals surface area contributed by atoms with E-state index < -0.39 is 11.5 Å². The Hall–Kier alpha value is -2.82. The van der Waals surface area contributed by atoms with Crippen LogP contribution in [0.5, 0.6) is 0 Å². The standard InChI is InChI=1S/C21H21NO4/c1-13-5-7-14(8-6-13)15-9-10-16-18(23)17(20(25)26-2)19(24)21(22(15)16)11-3-4-12-21/h5-10,23H,3-4,11-12H2,1-2H3. The second kappa shape index (κ2) is 5.87. The molecule has 0 atom stereocenters. The molecule has 1 spiro atoms. The minimum Gasteiger partial charge on any atom is -0.505 e. The van der Waals surface area contributed by atoms with E-state index in [-0.39, 0.29) is 17.1 Å². The molecule has 5 heteroatoms. The molecule has 1 aromatic carbocycles. The van der Waals surface area contributed by atoms with Gasteiger partial charge in [0.15, 0.2) is 11.5 Å². The monoisotopic (exact) mass is 351 g/mol. The summed E-state index contributed by atoms with van der Waals surface area (Å²) in [7, 11) is 1.22. The third-order valence-corrected chi connectivity index (χ3v) is 5.61. The highest BCUT2D eigenvalue weighted by Crippen LogP contribution is 2.48. The lowest BCUT2D eigenvalue weighted by Crippen LogP contribution is -2.46. The molecule has 2 aromatic rings. The first-order chi connectivity index (χ1) is 12.5. The summed E-state index contributed by atoms with van der Waals surface area (Å²) >= 11 is 0. The van der Waals surface area contributed by atoms with Crippen LogP contribution in [0.2, 0.25) is 0 Å². The molecule has 0 saturated heterocycles. The molecule has 0 bridgehead atoms. The number of aromatic nitrogens is 1. The van der Waals surface area contributed by atoms with Crippen molar-refractivity contribution in [3.05, 3.63) is 53.2 Å². The molecule has 5 nitrogen and oxygen atoms in total. The van der Waals surface area contributed by atoms with Gasteiger partial charge >= 0.3 is 5.97 Å². The van der Waals surface area contributed by atoms with E-state index in [1.54, 1.807) is 6.07 Å². The lowest BCUT2D eigenvalue weighted by Gasteiger charge is -2.37. The van der Waals surface area contributed by atoms with Crippen molar-refractivity contribution in [2.75, 3.05) is 7.11 Å². The number of nitrogens with zero attached hydrogens (tertiary/aromatic N) is 1. The Morgan fingerprint density at radius 1 is 1.08 bits per heavy atom. The summed E-state index contributed by atoms with van der Waals surface area (Å²) in [6.07, 6.45) is 3.12. The molecule has 134 valence electrons. The smallest absolute Gasteiger partial charge is 0.345 e. The van der Waals surface area contributed by atoms with Crippen LogP contribution in [0, 0.1) is 6.92 Å². The van der Waals surface area contributed by atoms with Gasteiger partial charge in [-0.25, -0.2) is 4.79 Å². The van der Waals surface area contributed by atoms with E-state index in [2.05, 4.69) is 0 Å². The Bertz CT molecular complexity index is 927. The van der Waals surface area contributed by atoms with Crippen molar-refractivity contribution in [2.24, 2.45) is 0 Å². The van der Waals surface area contributed by atoms with Gasteiger partial charge in [-0.05, 0) is 37.5 Å². The zero-order valence-corrected chi connectivity index (χ0v) is 14.9. The number of Topliss-reactive ketones (excluding diaryl/α,β-unsaturated/α-hetero) is 1. The number of ketones is 1.